The fourth-order valence-electron chi connectivity index (χ4n) is 2.77. The maximum Gasteiger partial charge on any atom is 0.266 e. The molecular formula is C20H24NO5S2-. The Bertz CT molecular complexity index is 791. The van der Waals surface area contributed by atoms with Crippen LogP contribution in [0.25, 0.3) is 6.08 Å². The van der Waals surface area contributed by atoms with E-state index in [9.17, 15) is 14.7 Å². The van der Waals surface area contributed by atoms with Crippen molar-refractivity contribution < 1.29 is 24.2 Å². The first kappa shape index (κ1) is 22.2. The topological polar surface area (TPSA) is 78.9 Å². The molecule has 0 unspecified atom stereocenters. The van der Waals surface area contributed by atoms with Gasteiger partial charge in [-0.1, -0.05) is 57.2 Å². The van der Waals surface area contributed by atoms with E-state index in [1.165, 1.54) is 0 Å². The Hall–Kier alpha value is -2.06. The van der Waals surface area contributed by atoms with Crippen molar-refractivity contribution in [3.8, 4) is 11.5 Å². The maximum atomic E-state index is 12.8. The molecule has 1 aliphatic heterocycles. The van der Waals surface area contributed by atoms with Crippen molar-refractivity contribution in [1.29, 1.82) is 0 Å². The van der Waals surface area contributed by atoms with Crippen LogP contribution >= 0.6 is 24.0 Å². The van der Waals surface area contributed by atoms with Gasteiger partial charge in [-0.3, -0.25) is 9.69 Å². The van der Waals surface area contributed by atoms with Gasteiger partial charge in [0, 0.05) is 0 Å². The molecule has 0 radical (unpaired) electrons. The lowest BCUT2D eigenvalue weighted by atomic mass is 10.0. The number of hydrogen-bond donors (Lipinski definition) is 0. The number of amides is 1. The average molecular weight is 423 g/mol. The van der Waals surface area contributed by atoms with E-state index in [1.807, 2.05) is 6.07 Å². The van der Waals surface area contributed by atoms with Crippen molar-refractivity contribution >= 4 is 46.3 Å². The molecule has 0 N–H and O–H groups in total. The second-order valence-corrected chi connectivity index (χ2v) is 8.35. The van der Waals surface area contributed by atoms with E-state index >= 15 is 0 Å². The number of carbonyl (C=O) groups is 2. The van der Waals surface area contributed by atoms with Gasteiger partial charge in [0.25, 0.3) is 5.91 Å². The van der Waals surface area contributed by atoms with Gasteiger partial charge in [-0.05, 0) is 36.1 Å². The normalized spacial score (nSPS) is 16.8. The van der Waals surface area contributed by atoms with Crippen LogP contribution in [-0.2, 0) is 9.59 Å². The van der Waals surface area contributed by atoms with E-state index in [2.05, 4.69) is 6.92 Å². The van der Waals surface area contributed by atoms with Gasteiger partial charge in [0.2, 0.25) is 0 Å². The number of aliphatic carboxylic acids is 1. The zero-order valence-electron chi connectivity index (χ0n) is 16.4. The third-order valence-electron chi connectivity index (χ3n) is 4.22. The summed E-state index contributed by atoms with van der Waals surface area (Å²) in [6, 6.07) is 4.28. The van der Waals surface area contributed by atoms with Crippen LogP contribution in [0, 0.1) is 5.92 Å². The van der Waals surface area contributed by atoms with E-state index < -0.39 is 17.9 Å². The van der Waals surface area contributed by atoms with Crippen LogP contribution in [0.2, 0.25) is 0 Å². The minimum absolute atomic E-state index is 0.214. The van der Waals surface area contributed by atoms with Crippen LogP contribution in [0.4, 0.5) is 0 Å². The molecule has 6 nitrogen and oxygen atoms in total. The Morgan fingerprint density at radius 2 is 2.07 bits per heavy atom. The number of methoxy groups -OCH3 is 1. The number of nitrogens with zero attached hydrogens (tertiary/aromatic N) is 1. The second-order valence-electron chi connectivity index (χ2n) is 6.67. The van der Waals surface area contributed by atoms with Crippen molar-refractivity contribution in [2.75, 3.05) is 13.7 Å². The number of rotatable bonds is 9. The van der Waals surface area contributed by atoms with E-state index in [1.54, 1.807) is 39.2 Å². The highest BCUT2D eigenvalue weighted by Crippen LogP contribution is 2.36. The molecule has 1 atom stereocenters. The molecule has 1 amide bonds. The van der Waals surface area contributed by atoms with Crippen molar-refractivity contribution in [3.05, 3.63) is 28.7 Å². The number of carboxylic acids is 1. The highest BCUT2D eigenvalue weighted by molar-refractivity contribution is 8.26. The van der Waals surface area contributed by atoms with E-state index in [0.717, 1.165) is 35.1 Å². The zero-order valence-corrected chi connectivity index (χ0v) is 18.0. The number of ether oxygens (including phenoxy) is 2. The van der Waals surface area contributed by atoms with Gasteiger partial charge in [0.05, 0.1) is 30.6 Å². The lowest BCUT2D eigenvalue weighted by Gasteiger charge is -2.30. The number of carboxylic acid groups (broad SMARTS) is 1. The first-order chi connectivity index (χ1) is 13.3. The first-order valence-electron chi connectivity index (χ1n) is 9.08. The molecule has 0 saturated carbocycles. The Morgan fingerprint density at radius 3 is 2.64 bits per heavy atom. The van der Waals surface area contributed by atoms with Crippen molar-refractivity contribution in [2.24, 2.45) is 5.92 Å². The molecule has 0 aliphatic carbocycles. The summed E-state index contributed by atoms with van der Waals surface area (Å²) in [5.41, 5.74) is 0.731. The number of thiocarbonyl (C=S) groups is 1. The smallest absolute Gasteiger partial charge is 0.266 e. The Morgan fingerprint density at radius 1 is 1.36 bits per heavy atom. The monoisotopic (exact) mass is 422 g/mol. The third-order valence-corrected chi connectivity index (χ3v) is 5.55. The standard InChI is InChI=1S/C20H25NO5S2/c1-5-6-9-26-14-8-7-13(10-15(14)25-4)11-16-18(22)21(20(27)28-16)17(12(2)3)19(23)24/h7-8,10-12,17H,5-6,9H2,1-4H3,(H,23,24)/p-1/b16-11-/t17-/m0/s1. The lowest BCUT2D eigenvalue weighted by molar-refractivity contribution is -0.311. The summed E-state index contributed by atoms with van der Waals surface area (Å²) in [7, 11) is 1.55. The SMILES string of the molecule is CCCCOc1ccc(/C=C2\SC(=S)N([C@H](C(=O)[O-])C(C)C)C2=O)cc1OC. The summed E-state index contributed by atoms with van der Waals surface area (Å²) >= 11 is 6.33. The molecule has 1 aliphatic rings. The van der Waals surface area contributed by atoms with E-state index in [4.69, 9.17) is 21.7 Å². The van der Waals surface area contributed by atoms with Crippen LogP contribution in [0.5, 0.6) is 11.5 Å². The van der Waals surface area contributed by atoms with Gasteiger partial charge in [-0.2, -0.15) is 0 Å². The summed E-state index contributed by atoms with van der Waals surface area (Å²) < 4.78 is 11.3. The molecule has 2 rings (SSSR count). The minimum Gasteiger partial charge on any atom is -0.548 e. The van der Waals surface area contributed by atoms with E-state index in [-0.39, 0.29) is 10.2 Å². The number of thioether (sulfide) groups is 1. The Kier molecular flexibility index (Phi) is 7.88. The van der Waals surface area contributed by atoms with Gasteiger partial charge < -0.3 is 19.4 Å². The van der Waals surface area contributed by atoms with Crippen molar-refractivity contribution in [3.63, 3.8) is 0 Å². The first-order valence-corrected chi connectivity index (χ1v) is 10.3. The summed E-state index contributed by atoms with van der Waals surface area (Å²) in [6.07, 6.45) is 3.65. The van der Waals surface area contributed by atoms with Crippen LogP contribution in [0.3, 0.4) is 0 Å². The van der Waals surface area contributed by atoms with Crippen molar-refractivity contribution in [1.82, 2.24) is 4.90 Å². The van der Waals surface area contributed by atoms with Crippen molar-refractivity contribution in [2.45, 2.75) is 39.7 Å². The van der Waals surface area contributed by atoms with Crippen LogP contribution in [0.15, 0.2) is 23.1 Å². The number of unbranched alkanes of at least 4 members (excludes halogenated alkanes) is 1. The van der Waals surface area contributed by atoms with E-state index in [0.29, 0.717) is 23.0 Å². The minimum atomic E-state index is -1.32. The number of hydrogen-bond acceptors (Lipinski definition) is 7. The third kappa shape index (κ3) is 5.05. The highest BCUT2D eigenvalue weighted by atomic mass is 32.2. The van der Waals surface area contributed by atoms with Crippen LogP contribution in [-0.4, -0.2) is 40.9 Å². The summed E-state index contributed by atoms with van der Waals surface area (Å²) in [5, 5.41) is 11.5. The molecule has 0 spiro atoms. The highest BCUT2D eigenvalue weighted by Gasteiger charge is 2.39. The second kappa shape index (κ2) is 9.93. The largest absolute Gasteiger partial charge is 0.548 e. The van der Waals surface area contributed by atoms with Gasteiger partial charge >= 0.3 is 0 Å². The number of benzene rings is 1. The number of carbonyl (C=O) groups excluding carboxylic acids is 2. The fourth-order valence-corrected chi connectivity index (χ4v) is 4.10. The van der Waals surface area contributed by atoms with Crippen LogP contribution < -0.4 is 14.6 Å². The molecule has 1 saturated heterocycles. The van der Waals surface area contributed by atoms with Gasteiger partial charge in [0.15, 0.2) is 11.5 Å². The fraction of sp³-hybridized carbons (Fsp3) is 0.450. The molecule has 28 heavy (non-hydrogen) atoms. The van der Waals surface area contributed by atoms with Gasteiger partial charge in [-0.25, -0.2) is 0 Å². The summed E-state index contributed by atoms with van der Waals surface area (Å²) in [5.74, 6) is -0.873. The zero-order chi connectivity index (χ0) is 20.8. The molecule has 152 valence electrons. The summed E-state index contributed by atoms with van der Waals surface area (Å²) in [6.45, 7) is 6.12. The molecule has 1 heterocycles. The molecule has 1 fully saturated rings. The molecule has 8 heteroatoms. The quantitative estimate of drug-likeness (QED) is 0.344. The average Bonchev–Trinajstić information content (AvgIpc) is 2.90. The summed E-state index contributed by atoms with van der Waals surface area (Å²) in [4.78, 5) is 25.7. The predicted molar refractivity (Wildman–Crippen MR) is 112 cm³/mol. The molecule has 0 aromatic heterocycles. The Labute approximate surface area is 174 Å². The van der Waals surface area contributed by atoms with Gasteiger partial charge in [0.1, 0.15) is 4.32 Å². The lowest BCUT2D eigenvalue weighted by Crippen LogP contribution is -2.52. The maximum absolute atomic E-state index is 12.8. The molecule has 1 aromatic rings. The molecule has 1 aromatic carbocycles. The molecule has 0 bridgehead atoms. The predicted octanol–water partition coefficient (Wildman–Crippen LogP) is 2.85. The molecular weight excluding hydrogens is 398 g/mol. The van der Waals surface area contributed by atoms with Gasteiger partial charge in [-0.15, -0.1) is 0 Å². The Balaban J connectivity index is 2.27. The van der Waals surface area contributed by atoms with Crippen LogP contribution in [0.1, 0.15) is 39.2 Å².